The maximum Gasteiger partial charge on any atom is 0.155 e. The van der Waals surface area contributed by atoms with Crippen molar-refractivity contribution in [3.05, 3.63) is 40.6 Å². The van der Waals surface area contributed by atoms with E-state index in [2.05, 4.69) is 22.2 Å². The van der Waals surface area contributed by atoms with Crippen molar-refractivity contribution < 1.29 is 8.42 Å². The van der Waals surface area contributed by atoms with Crippen molar-refractivity contribution in [3.63, 3.8) is 0 Å². The van der Waals surface area contributed by atoms with Crippen molar-refractivity contribution in [2.24, 2.45) is 0 Å². The van der Waals surface area contributed by atoms with Crippen LogP contribution < -0.4 is 0 Å². The average molecular weight is 248 g/mol. The molecule has 0 amide bonds. The van der Waals surface area contributed by atoms with Crippen LogP contribution in [0.15, 0.2) is 28.7 Å². The van der Waals surface area contributed by atoms with Gasteiger partial charge in [0.05, 0.1) is 12.0 Å². The molecule has 0 aliphatic carbocycles. The Morgan fingerprint density at radius 3 is 2.42 bits per heavy atom. The minimum absolute atomic E-state index is 0.0194. The van der Waals surface area contributed by atoms with Crippen LogP contribution in [-0.4, -0.2) is 8.42 Å². The molecule has 0 atom stereocenters. The van der Waals surface area contributed by atoms with E-state index in [1.165, 1.54) is 0 Å². The van der Waals surface area contributed by atoms with Crippen LogP contribution in [0.3, 0.4) is 0 Å². The number of hydrogen-bond acceptors (Lipinski definition) is 2. The zero-order chi connectivity index (χ0) is 9.19. The minimum Gasteiger partial charge on any atom is -0.228 e. The van der Waals surface area contributed by atoms with Gasteiger partial charge in [0.25, 0.3) is 0 Å². The molecule has 0 aliphatic rings. The number of benzene rings is 1. The smallest absolute Gasteiger partial charge is 0.155 e. The van der Waals surface area contributed by atoms with E-state index in [0.29, 0.717) is 0 Å². The Hall–Kier alpha value is -0.350. The molecule has 1 radical (unpaired) electrons. The fourth-order valence-electron chi connectivity index (χ4n) is 0.852. The van der Waals surface area contributed by atoms with Crippen molar-refractivity contribution in [3.8, 4) is 0 Å². The van der Waals surface area contributed by atoms with Crippen LogP contribution in [0.1, 0.15) is 5.56 Å². The van der Waals surface area contributed by atoms with E-state index in [0.717, 1.165) is 10.0 Å². The summed E-state index contributed by atoms with van der Waals surface area (Å²) < 4.78 is 22.4. The van der Waals surface area contributed by atoms with E-state index in [1.807, 2.05) is 6.07 Å². The lowest BCUT2D eigenvalue weighted by Crippen LogP contribution is -1.98. The van der Waals surface area contributed by atoms with Gasteiger partial charge in [-0.05, 0) is 11.6 Å². The standard InChI is InChI=1S/C8H8BrO2S/c1-12(10,11)6-7-4-2-3-5-8(7)9/h2-5H,1,6H2. The lowest BCUT2D eigenvalue weighted by atomic mass is 10.2. The van der Waals surface area contributed by atoms with E-state index in [-0.39, 0.29) is 5.75 Å². The predicted octanol–water partition coefficient (Wildman–Crippen LogP) is 2.16. The molecule has 0 aliphatic heterocycles. The van der Waals surface area contributed by atoms with Crippen LogP contribution in [0.25, 0.3) is 0 Å². The largest absolute Gasteiger partial charge is 0.228 e. The topological polar surface area (TPSA) is 34.1 Å². The van der Waals surface area contributed by atoms with Crippen molar-refractivity contribution in [1.82, 2.24) is 0 Å². The molecule has 0 N–H and O–H groups in total. The van der Waals surface area contributed by atoms with Crippen molar-refractivity contribution in [1.29, 1.82) is 0 Å². The Balaban J connectivity index is 2.98. The molecular weight excluding hydrogens is 240 g/mol. The molecule has 0 heterocycles. The van der Waals surface area contributed by atoms with Gasteiger partial charge in [-0.25, -0.2) is 8.42 Å². The summed E-state index contributed by atoms with van der Waals surface area (Å²) in [4.78, 5) is 0. The molecule has 0 bridgehead atoms. The van der Waals surface area contributed by atoms with Crippen molar-refractivity contribution in [2.75, 3.05) is 0 Å². The highest BCUT2D eigenvalue weighted by atomic mass is 79.9. The monoisotopic (exact) mass is 247 g/mol. The zero-order valence-corrected chi connectivity index (χ0v) is 8.73. The molecule has 0 aromatic heterocycles. The van der Waals surface area contributed by atoms with Crippen LogP contribution in [0.5, 0.6) is 0 Å². The predicted molar refractivity (Wildman–Crippen MR) is 52.1 cm³/mol. The lowest BCUT2D eigenvalue weighted by molar-refractivity contribution is 0.603. The molecule has 0 unspecified atom stereocenters. The molecule has 2 nitrogen and oxygen atoms in total. The zero-order valence-electron chi connectivity index (χ0n) is 6.33. The minimum atomic E-state index is -3.18. The Morgan fingerprint density at radius 2 is 1.92 bits per heavy atom. The fourth-order valence-corrected chi connectivity index (χ4v) is 2.19. The third-order valence-corrected chi connectivity index (χ3v) is 2.86. The van der Waals surface area contributed by atoms with Gasteiger partial charge in [-0.15, -0.1) is 0 Å². The lowest BCUT2D eigenvalue weighted by Gasteiger charge is -2.00. The van der Waals surface area contributed by atoms with Crippen LogP contribution >= 0.6 is 15.9 Å². The summed E-state index contributed by atoms with van der Waals surface area (Å²) in [6, 6.07) is 7.20. The van der Waals surface area contributed by atoms with Gasteiger partial charge >= 0.3 is 0 Å². The van der Waals surface area contributed by atoms with Gasteiger partial charge in [0.2, 0.25) is 0 Å². The number of sulfone groups is 1. The Bertz CT molecular complexity index is 370. The first-order valence-corrected chi connectivity index (χ1v) is 5.89. The van der Waals surface area contributed by atoms with Crippen LogP contribution in [0, 0.1) is 6.26 Å². The number of rotatable bonds is 2. The van der Waals surface area contributed by atoms with Gasteiger partial charge in [-0.3, -0.25) is 0 Å². The maximum atomic E-state index is 10.8. The van der Waals surface area contributed by atoms with Crippen molar-refractivity contribution in [2.45, 2.75) is 5.75 Å². The second kappa shape index (κ2) is 3.58. The number of hydrogen-bond donors (Lipinski definition) is 0. The van der Waals surface area contributed by atoms with Gasteiger partial charge in [-0.2, -0.15) is 0 Å². The van der Waals surface area contributed by atoms with E-state index in [9.17, 15) is 8.42 Å². The van der Waals surface area contributed by atoms with Crippen LogP contribution in [-0.2, 0) is 15.6 Å². The summed E-state index contributed by atoms with van der Waals surface area (Å²) in [5.41, 5.74) is 0.743. The van der Waals surface area contributed by atoms with Gasteiger partial charge in [0, 0.05) is 4.47 Å². The Labute approximate surface area is 80.7 Å². The number of halogens is 1. The van der Waals surface area contributed by atoms with E-state index < -0.39 is 9.84 Å². The highest BCUT2D eigenvalue weighted by molar-refractivity contribution is 9.10. The first kappa shape index (κ1) is 9.74. The molecule has 0 spiro atoms. The summed E-state index contributed by atoms with van der Waals surface area (Å²) in [6.07, 6.45) is 3.06. The molecule has 1 rings (SSSR count). The highest BCUT2D eigenvalue weighted by Crippen LogP contribution is 2.17. The molecule has 0 saturated heterocycles. The second-order valence-electron chi connectivity index (χ2n) is 2.48. The molecular formula is C8H8BrO2S. The van der Waals surface area contributed by atoms with Crippen LogP contribution in [0.4, 0.5) is 0 Å². The van der Waals surface area contributed by atoms with Gasteiger partial charge in [0.15, 0.2) is 9.84 Å². The van der Waals surface area contributed by atoms with Gasteiger partial charge in [-0.1, -0.05) is 34.1 Å². The van der Waals surface area contributed by atoms with Gasteiger partial charge in [0.1, 0.15) is 0 Å². The summed E-state index contributed by atoms with van der Waals surface area (Å²) >= 11 is 3.26. The van der Waals surface area contributed by atoms with E-state index in [1.54, 1.807) is 18.2 Å². The summed E-state index contributed by atoms with van der Waals surface area (Å²) in [6.45, 7) is 0. The molecule has 0 saturated carbocycles. The first-order valence-electron chi connectivity index (χ1n) is 3.28. The SMILES string of the molecule is [CH2]S(=O)(=O)Cc1ccccc1Br. The molecule has 12 heavy (non-hydrogen) atoms. The second-order valence-corrected chi connectivity index (χ2v) is 5.11. The average Bonchev–Trinajstić information content (AvgIpc) is 1.91. The molecule has 1 aromatic carbocycles. The first-order chi connectivity index (χ1) is 5.49. The third-order valence-electron chi connectivity index (χ3n) is 1.33. The quantitative estimate of drug-likeness (QED) is 0.803. The molecule has 4 heteroatoms. The maximum absolute atomic E-state index is 10.8. The highest BCUT2D eigenvalue weighted by Gasteiger charge is 2.06. The van der Waals surface area contributed by atoms with E-state index >= 15 is 0 Å². The van der Waals surface area contributed by atoms with E-state index in [4.69, 9.17) is 0 Å². The summed E-state index contributed by atoms with van der Waals surface area (Å²) in [5, 5.41) is 0. The summed E-state index contributed by atoms with van der Waals surface area (Å²) in [5.74, 6) is -0.0194. The van der Waals surface area contributed by atoms with Gasteiger partial charge < -0.3 is 0 Å². The van der Waals surface area contributed by atoms with Crippen LogP contribution in [0.2, 0.25) is 0 Å². The van der Waals surface area contributed by atoms with Crippen molar-refractivity contribution >= 4 is 25.8 Å². The third kappa shape index (κ3) is 2.95. The normalized spacial score (nSPS) is 11.5. The molecule has 0 fully saturated rings. The molecule has 1 aromatic rings. The summed E-state index contributed by atoms with van der Waals surface area (Å²) in [7, 11) is -3.18. The Kier molecular flexibility index (Phi) is 2.90. The molecule has 65 valence electrons. The fraction of sp³-hybridized carbons (Fsp3) is 0.125. The Morgan fingerprint density at radius 1 is 1.33 bits per heavy atom.